The Hall–Kier alpha value is -5.81. The average Bonchev–Trinajstić information content (AvgIpc) is 3.67. The Morgan fingerprint density at radius 2 is 1.18 bits per heavy atom. The highest BCUT2D eigenvalue weighted by Gasteiger charge is 2.22. The van der Waals surface area contributed by atoms with Crippen LogP contribution in [0.1, 0.15) is 17.7 Å². The second-order valence-electron chi connectivity index (χ2n) is 11.1. The van der Waals surface area contributed by atoms with E-state index >= 15 is 0 Å². The predicted octanol–water partition coefficient (Wildman–Crippen LogP) is 10.1. The van der Waals surface area contributed by atoms with Gasteiger partial charge >= 0.3 is 0 Å². The number of benzene rings is 5. The quantitative estimate of drug-likeness (QED) is 0.212. The maximum absolute atomic E-state index is 6.50. The van der Waals surface area contributed by atoms with Gasteiger partial charge in [0.1, 0.15) is 22.5 Å². The minimum atomic E-state index is 0.595. The van der Waals surface area contributed by atoms with Crippen molar-refractivity contribution < 1.29 is 8.83 Å². The lowest BCUT2D eigenvalue weighted by Gasteiger charge is -2.12. The van der Waals surface area contributed by atoms with Crippen molar-refractivity contribution in [3.8, 4) is 45.3 Å². The molecule has 5 aromatic carbocycles. The van der Waals surface area contributed by atoms with E-state index in [9.17, 15) is 0 Å². The van der Waals surface area contributed by atoms with Crippen LogP contribution in [0.2, 0.25) is 0 Å². The fourth-order valence-corrected chi connectivity index (χ4v) is 6.35. The number of allylic oxidation sites excluding steroid dienone is 1. The van der Waals surface area contributed by atoms with Gasteiger partial charge in [-0.15, -0.1) is 0 Å². The first-order valence-corrected chi connectivity index (χ1v) is 14.8. The molecule has 5 nitrogen and oxygen atoms in total. The van der Waals surface area contributed by atoms with Crippen LogP contribution in [0.4, 0.5) is 0 Å². The van der Waals surface area contributed by atoms with Gasteiger partial charge < -0.3 is 8.83 Å². The molecule has 8 aromatic rings. The van der Waals surface area contributed by atoms with Crippen LogP contribution in [-0.4, -0.2) is 15.0 Å². The smallest absolute Gasteiger partial charge is 0.164 e. The Morgan fingerprint density at radius 3 is 1.95 bits per heavy atom. The van der Waals surface area contributed by atoms with Crippen molar-refractivity contribution in [1.82, 2.24) is 15.0 Å². The fourth-order valence-electron chi connectivity index (χ4n) is 6.35. The number of furan rings is 2. The molecular weight excluding hydrogens is 542 g/mol. The molecule has 0 N–H and O–H groups in total. The Balaban J connectivity index is 1.36. The van der Waals surface area contributed by atoms with Crippen molar-refractivity contribution in [3.05, 3.63) is 133 Å². The average molecular weight is 568 g/mol. The van der Waals surface area contributed by atoms with Crippen molar-refractivity contribution in [3.63, 3.8) is 0 Å². The Morgan fingerprint density at radius 1 is 0.500 bits per heavy atom. The van der Waals surface area contributed by atoms with Gasteiger partial charge in [0.15, 0.2) is 17.5 Å². The van der Waals surface area contributed by atoms with Crippen LogP contribution in [-0.2, 0) is 6.42 Å². The molecule has 0 radical (unpaired) electrons. The molecule has 3 heterocycles. The van der Waals surface area contributed by atoms with E-state index in [0.29, 0.717) is 17.5 Å². The summed E-state index contributed by atoms with van der Waals surface area (Å²) in [5, 5.41) is 3.12. The van der Waals surface area contributed by atoms with Crippen LogP contribution >= 0.6 is 0 Å². The maximum Gasteiger partial charge on any atom is 0.164 e. The molecule has 0 bridgehead atoms. The Labute approximate surface area is 253 Å². The first-order chi connectivity index (χ1) is 21.8. The molecule has 44 heavy (non-hydrogen) atoms. The summed E-state index contributed by atoms with van der Waals surface area (Å²) in [5.74, 6) is 2.88. The summed E-state index contributed by atoms with van der Waals surface area (Å²) in [6.07, 6.45) is 6.31. The highest BCUT2D eigenvalue weighted by atomic mass is 16.3. The second-order valence-corrected chi connectivity index (χ2v) is 11.1. The van der Waals surface area contributed by atoms with E-state index in [4.69, 9.17) is 23.8 Å². The van der Waals surface area contributed by atoms with E-state index < -0.39 is 0 Å². The number of aryl methyl sites for hydroxylation is 1. The number of para-hydroxylation sites is 1. The van der Waals surface area contributed by atoms with E-state index in [-0.39, 0.29) is 0 Å². The summed E-state index contributed by atoms with van der Waals surface area (Å²) < 4.78 is 12.8. The molecule has 0 saturated carbocycles. The first-order valence-electron chi connectivity index (χ1n) is 14.8. The molecule has 208 valence electrons. The molecule has 0 amide bonds. The predicted molar refractivity (Wildman–Crippen MR) is 176 cm³/mol. The van der Waals surface area contributed by atoms with Crippen LogP contribution in [0.3, 0.4) is 0 Å². The molecule has 3 aromatic heterocycles. The molecule has 9 rings (SSSR count). The number of aromatic nitrogens is 3. The molecule has 0 aliphatic heterocycles. The zero-order valence-electron chi connectivity index (χ0n) is 23.7. The van der Waals surface area contributed by atoms with Crippen LogP contribution < -0.4 is 0 Å². The van der Waals surface area contributed by atoms with Crippen LogP contribution in [0.25, 0.3) is 84.3 Å². The van der Waals surface area contributed by atoms with Crippen LogP contribution in [0.5, 0.6) is 0 Å². The standard InChI is InChI=1S/C39H25N3O2/c1-3-12-24(13-4-1)37-40-38(25-14-5-2-6-15-25)42-39(41-37)30-22-26(23-34-36(30)29-17-8-10-20-32(29)44-34)27-18-11-21-33-35(27)28-16-7-9-19-31(28)43-33/h1-8,10-18,20-23H,9,19H2. The maximum atomic E-state index is 6.50. The zero-order valence-corrected chi connectivity index (χ0v) is 23.7. The largest absolute Gasteiger partial charge is 0.460 e. The summed E-state index contributed by atoms with van der Waals surface area (Å²) in [7, 11) is 0. The van der Waals surface area contributed by atoms with Crippen molar-refractivity contribution in [2.45, 2.75) is 12.8 Å². The third kappa shape index (κ3) is 3.97. The molecule has 0 fully saturated rings. The Bertz CT molecular complexity index is 2330. The van der Waals surface area contributed by atoms with Crippen molar-refractivity contribution >= 4 is 39.0 Å². The first kappa shape index (κ1) is 24.8. The minimum Gasteiger partial charge on any atom is -0.460 e. The third-order valence-corrected chi connectivity index (χ3v) is 8.38. The number of fused-ring (bicyclic) bond motifs is 6. The van der Waals surface area contributed by atoms with Gasteiger partial charge in [-0.05, 0) is 41.8 Å². The number of hydrogen-bond acceptors (Lipinski definition) is 5. The summed E-state index contributed by atoms with van der Waals surface area (Å²) in [5.41, 5.74) is 8.51. The highest BCUT2D eigenvalue weighted by Crippen LogP contribution is 2.43. The topological polar surface area (TPSA) is 65.0 Å². The van der Waals surface area contributed by atoms with E-state index in [0.717, 1.165) is 84.9 Å². The van der Waals surface area contributed by atoms with E-state index in [1.165, 1.54) is 0 Å². The molecule has 0 unspecified atom stereocenters. The lowest BCUT2D eigenvalue weighted by molar-refractivity contribution is 0.546. The summed E-state index contributed by atoms with van der Waals surface area (Å²) in [6.45, 7) is 0. The van der Waals surface area contributed by atoms with Crippen LogP contribution in [0.15, 0.2) is 130 Å². The Kier molecular flexibility index (Phi) is 5.56. The van der Waals surface area contributed by atoms with E-state index in [2.05, 4.69) is 48.6 Å². The van der Waals surface area contributed by atoms with Gasteiger partial charge in [0.25, 0.3) is 0 Å². The van der Waals surface area contributed by atoms with Gasteiger partial charge in [0, 0.05) is 44.8 Å². The molecule has 1 aliphatic carbocycles. The molecule has 1 aliphatic rings. The molecular formula is C39H25N3O2. The monoisotopic (exact) mass is 567 g/mol. The molecule has 0 atom stereocenters. The summed E-state index contributed by atoms with van der Waals surface area (Å²) >= 11 is 0. The molecule has 5 heteroatoms. The minimum absolute atomic E-state index is 0.595. The van der Waals surface area contributed by atoms with E-state index in [1.807, 2.05) is 78.9 Å². The molecule has 0 spiro atoms. The number of nitrogens with zero attached hydrogens (tertiary/aromatic N) is 3. The second kappa shape index (κ2) is 9.89. The normalized spacial score (nSPS) is 12.7. The van der Waals surface area contributed by atoms with E-state index in [1.54, 1.807) is 0 Å². The number of hydrogen-bond donors (Lipinski definition) is 0. The lowest BCUT2D eigenvalue weighted by atomic mass is 9.93. The van der Waals surface area contributed by atoms with Gasteiger partial charge in [-0.25, -0.2) is 15.0 Å². The van der Waals surface area contributed by atoms with Crippen LogP contribution in [0, 0.1) is 0 Å². The van der Waals surface area contributed by atoms with Gasteiger partial charge in [-0.1, -0.05) is 103 Å². The zero-order chi connectivity index (χ0) is 29.0. The van der Waals surface area contributed by atoms with Gasteiger partial charge in [0.2, 0.25) is 0 Å². The third-order valence-electron chi connectivity index (χ3n) is 8.38. The number of rotatable bonds is 4. The SMILES string of the molecule is C1=Cc2c(oc3cccc(-c4cc(-c5nc(-c6ccccc6)nc(-c6ccccc6)n5)c5c(c4)oc4ccccc45)c23)CC1. The fraction of sp³-hybridized carbons (Fsp3) is 0.0513. The summed E-state index contributed by atoms with van der Waals surface area (Å²) in [6, 6.07) is 38.9. The van der Waals surface area contributed by atoms with Gasteiger partial charge in [-0.2, -0.15) is 0 Å². The molecule has 0 saturated heterocycles. The summed E-state index contributed by atoms with van der Waals surface area (Å²) in [4.78, 5) is 15.1. The van der Waals surface area contributed by atoms with Crippen molar-refractivity contribution in [1.29, 1.82) is 0 Å². The lowest BCUT2D eigenvalue weighted by Crippen LogP contribution is -2.00. The highest BCUT2D eigenvalue weighted by molar-refractivity contribution is 6.14. The van der Waals surface area contributed by atoms with Gasteiger partial charge in [0.05, 0.1) is 0 Å². The van der Waals surface area contributed by atoms with Crippen molar-refractivity contribution in [2.24, 2.45) is 0 Å². The van der Waals surface area contributed by atoms with Crippen molar-refractivity contribution in [2.75, 3.05) is 0 Å². The van der Waals surface area contributed by atoms with Gasteiger partial charge in [-0.3, -0.25) is 0 Å².